The largest absolute Gasteiger partial charge is 0.456 e. The Bertz CT molecular complexity index is 4080. The highest BCUT2D eigenvalue weighted by Crippen LogP contribution is 2.39. The number of nitrogens with zero attached hydrogens (tertiary/aromatic N) is 4. The molecule has 0 radical (unpaired) electrons. The van der Waals surface area contributed by atoms with Crippen molar-refractivity contribution in [1.29, 1.82) is 0 Å². The summed E-state index contributed by atoms with van der Waals surface area (Å²) in [5, 5.41) is 8.73. The number of para-hydroxylation sites is 4. The molecule has 0 unspecified atom stereocenters. The molecule has 0 spiro atoms. The van der Waals surface area contributed by atoms with Crippen LogP contribution in [0.15, 0.2) is 207 Å². The van der Waals surface area contributed by atoms with Crippen LogP contribution in [0, 0.1) is 0 Å². The van der Waals surface area contributed by atoms with Crippen molar-refractivity contribution in [2.75, 3.05) is 0 Å². The summed E-state index contributed by atoms with van der Waals surface area (Å²) >= 11 is 0. The number of aromatic nitrogens is 4. The highest BCUT2D eigenvalue weighted by molar-refractivity contribution is 6.11. The van der Waals surface area contributed by atoms with Crippen molar-refractivity contribution in [2.24, 2.45) is 0 Å². The molecule has 14 aromatic rings. The lowest BCUT2D eigenvalue weighted by Crippen LogP contribution is -2.00. The van der Waals surface area contributed by atoms with Crippen molar-refractivity contribution < 1.29 is 13.3 Å². The second kappa shape index (κ2) is 13.3. The summed E-state index contributed by atoms with van der Waals surface area (Å²) in [6.45, 7) is 0. The van der Waals surface area contributed by atoms with E-state index in [0.29, 0.717) is 17.5 Å². The molecule has 298 valence electrons. The van der Waals surface area contributed by atoms with E-state index in [4.69, 9.17) is 28.2 Å². The molecule has 0 aliphatic rings. The minimum absolute atomic E-state index is 0.527. The van der Waals surface area contributed by atoms with Crippen molar-refractivity contribution in [3.63, 3.8) is 0 Å². The normalized spacial score (nSPS) is 12.1. The van der Waals surface area contributed by atoms with Crippen LogP contribution in [-0.2, 0) is 0 Å². The van der Waals surface area contributed by atoms with Gasteiger partial charge in [0, 0.05) is 65.5 Å². The Morgan fingerprint density at radius 3 is 1.16 bits per heavy atom. The highest BCUT2D eigenvalue weighted by atomic mass is 16.3. The first-order chi connectivity index (χ1) is 31.7. The van der Waals surface area contributed by atoms with Crippen LogP contribution < -0.4 is 0 Å². The van der Waals surface area contributed by atoms with Gasteiger partial charge in [-0.15, -0.1) is 0 Å². The average molecular weight is 821 g/mol. The third kappa shape index (κ3) is 5.31. The minimum atomic E-state index is 0.527. The SMILES string of the molecule is c1ccc(-n2c3ccccc3c3ccc(-c4ccc5c(c4)oc4cc(-c6nc(-c7ccc8c(c7)oc7ccccc78)nc(-c7ccc8c(c7)oc7ccccc78)n6)ccc45)cc32)cc1. The number of benzene rings is 9. The van der Waals surface area contributed by atoms with Gasteiger partial charge in [0.05, 0.1) is 11.0 Å². The van der Waals surface area contributed by atoms with E-state index in [-0.39, 0.29) is 0 Å². The lowest BCUT2D eigenvalue weighted by atomic mass is 10.0. The Hall–Kier alpha value is -8.81. The Morgan fingerprint density at radius 2 is 0.625 bits per heavy atom. The van der Waals surface area contributed by atoms with Crippen LogP contribution in [-0.4, -0.2) is 19.5 Å². The Labute approximate surface area is 364 Å². The van der Waals surface area contributed by atoms with Crippen LogP contribution in [0.2, 0.25) is 0 Å². The zero-order valence-electron chi connectivity index (χ0n) is 34.0. The van der Waals surface area contributed by atoms with Gasteiger partial charge in [-0.05, 0) is 96.1 Å². The van der Waals surface area contributed by atoms with Gasteiger partial charge in [-0.3, -0.25) is 0 Å². The fourth-order valence-electron chi connectivity index (χ4n) is 9.59. The van der Waals surface area contributed by atoms with Crippen molar-refractivity contribution in [2.45, 2.75) is 0 Å². The quantitative estimate of drug-likeness (QED) is 0.172. The van der Waals surface area contributed by atoms with Crippen molar-refractivity contribution in [1.82, 2.24) is 19.5 Å². The molecule has 64 heavy (non-hydrogen) atoms. The Kier molecular flexibility index (Phi) is 7.27. The summed E-state index contributed by atoms with van der Waals surface area (Å²) in [5.41, 5.74) is 12.9. The first-order valence-corrected chi connectivity index (χ1v) is 21.3. The summed E-state index contributed by atoms with van der Waals surface area (Å²) < 4.78 is 21.6. The monoisotopic (exact) mass is 820 g/mol. The predicted molar refractivity (Wildman–Crippen MR) is 258 cm³/mol. The molecule has 0 atom stereocenters. The maximum atomic E-state index is 6.69. The molecule has 0 aliphatic carbocycles. The molecule has 14 rings (SSSR count). The fraction of sp³-hybridized carbons (Fsp3) is 0. The predicted octanol–water partition coefficient (Wildman–Crippen LogP) is 15.3. The maximum absolute atomic E-state index is 6.69. The van der Waals surface area contributed by atoms with Gasteiger partial charge < -0.3 is 17.8 Å². The van der Waals surface area contributed by atoms with Gasteiger partial charge in [0.2, 0.25) is 0 Å². The zero-order valence-corrected chi connectivity index (χ0v) is 34.0. The zero-order chi connectivity index (χ0) is 41.9. The number of furan rings is 3. The molecule has 7 heteroatoms. The number of fused-ring (bicyclic) bond motifs is 12. The van der Waals surface area contributed by atoms with Crippen molar-refractivity contribution in [3.05, 3.63) is 194 Å². The van der Waals surface area contributed by atoms with E-state index in [1.165, 1.54) is 16.3 Å². The van der Waals surface area contributed by atoms with Gasteiger partial charge in [0.25, 0.3) is 0 Å². The lowest BCUT2D eigenvalue weighted by Gasteiger charge is -2.09. The summed E-state index contributed by atoms with van der Waals surface area (Å²) in [7, 11) is 0. The van der Waals surface area contributed by atoms with E-state index < -0.39 is 0 Å². The molecular formula is C57H32N4O3. The maximum Gasteiger partial charge on any atom is 0.164 e. The van der Waals surface area contributed by atoms with Crippen LogP contribution in [0.1, 0.15) is 0 Å². The van der Waals surface area contributed by atoms with Crippen molar-refractivity contribution >= 4 is 87.6 Å². The molecule has 9 aromatic carbocycles. The Morgan fingerprint density at radius 1 is 0.266 bits per heavy atom. The lowest BCUT2D eigenvalue weighted by molar-refractivity contribution is 0.668. The molecule has 0 saturated carbocycles. The Balaban J connectivity index is 0.894. The van der Waals surface area contributed by atoms with Gasteiger partial charge in [-0.25, -0.2) is 15.0 Å². The summed E-state index contributed by atoms with van der Waals surface area (Å²) in [5.74, 6) is 1.59. The van der Waals surface area contributed by atoms with Crippen LogP contribution in [0.4, 0.5) is 0 Å². The van der Waals surface area contributed by atoms with E-state index >= 15 is 0 Å². The molecule has 0 aliphatic heterocycles. The third-order valence-corrected chi connectivity index (χ3v) is 12.7. The first-order valence-electron chi connectivity index (χ1n) is 21.3. The summed E-state index contributed by atoms with van der Waals surface area (Å²) in [4.78, 5) is 15.3. The van der Waals surface area contributed by atoms with E-state index in [2.05, 4.69) is 144 Å². The fourth-order valence-corrected chi connectivity index (χ4v) is 9.59. The smallest absolute Gasteiger partial charge is 0.164 e. The van der Waals surface area contributed by atoms with Gasteiger partial charge in [0.1, 0.15) is 33.5 Å². The second-order valence-electron chi connectivity index (χ2n) is 16.4. The molecule has 0 saturated heterocycles. The first kappa shape index (κ1) is 34.9. The van der Waals surface area contributed by atoms with Gasteiger partial charge in [-0.1, -0.05) is 109 Å². The van der Waals surface area contributed by atoms with E-state index in [0.717, 1.165) is 105 Å². The molecule has 0 bridgehead atoms. The number of rotatable bonds is 5. The summed E-state index contributed by atoms with van der Waals surface area (Å²) in [6, 6.07) is 67.0. The van der Waals surface area contributed by atoms with Crippen LogP contribution in [0.25, 0.3) is 139 Å². The second-order valence-corrected chi connectivity index (χ2v) is 16.4. The molecule has 5 heterocycles. The van der Waals surface area contributed by atoms with E-state index in [1.54, 1.807) is 0 Å². The molecule has 0 amide bonds. The van der Waals surface area contributed by atoms with Gasteiger partial charge in [-0.2, -0.15) is 0 Å². The number of hydrogen-bond acceptors (Lipinski definition) is 6. The third-order valence-electron chi connectivity index (χ3n) is 12.7. The molecule has 0 fully saturated rings. The molecule has 0 N–H and O–H groups in total. The minimum Gasteiger partial charge on any atom is -0.456 e. The van der Waals surface area contributed by atoms with Gasteiger partial charge in [0.15, 0.2) is 17.5 Å². The molecule has 5 aromatic heterocycles. The standard InChI is InChI=1S/C57H32N4O3/c1-2-10-38(11-3-1)61-47-15-7-4-12-39(47)40-23-18-33(28-48(40)61)34-19-24-45-46-27-22-37(32-54(46)64-51(45)29-34)57-59-55(35-20-25-43-41-13-5-8-16-49(41)62-52(43)30-35)58-56(60-57)36-21-26-44-42-14-6-9-17-50(42)63-53(44)31-36/h1-32H. The van der Waals surface area contributed by atoms with Crippen LogP contribution >= 0.6 is 0 Å². The summed E-state index contributed by atoms with van der Waals surface area (Å²) in [6.07, 6.45) is 0. The van der Waals surface area contributed by atoms with Crippen molar-refractivity contribution in [3.8, 4) is 51.0 Å². The average Bonchev–Trinajstić information content (AvgIpc) is 4.11. The topological polar surface area (TPSA) is 83.0 Å². The molecular weight excluding hydrogens is 789 g/mol. The van der Waals surface area contributed by atoms with E-state index in [1.807, 2.05) is 54.6 Å². The van der Waals surface area contributed by atoms with Gasteiger partial charge >= 0.3 is 0 Å². The highest BCUT2D eigenvalue weighted by Gasteiger charge is 2.19. The number of hydrogen-bond donors (Lipinski definition) is 0. The van der Waals surface area contributed by atoms with Crippen LogP contribution in [0.5, 0.6) is 0 Å². The molecule has 7 nitrogen and oxygen atoms in total. The van der Waals surface area contributed by atoms with E-state index in [9.17, 15) is 0 Å². The van der Waals surface area contributed by atoms with Crippen LogP contribution in [0.3, 0.4) is 0 Å².